The fraction of sp³-hybridized carbons (Fsp3) is 0.500. The zero-order valence-corrected chi connectivity index (χ0v) is 14.3. The van der Waals surface area contributed by atoms with E-state index < -0.39 is 0 Å². The molecule has 0 aliphatic carbocycles. The Morgan fingerprint density at radius 2 is 2.04 bits per heavy atom. The maximum atomic E-state index is 12.8. The molecule has 0 spiro atoms. The second-order valence-corrected chi connectivity index (χ2v) is 7.24. The van der Waals surface area contributed by atoms with Crippen LogP contribution in [0.1, 0.15) is 29.6 Å². The maximum absolute atomic E-state index is 12.8. The number of nitrogens with one attached hydrogen (secondary N) is 2. The number of halogens is 1. The molecule has 1 aromatic carbocycles. The van der Waals surface area contributed by atoms with Crippen LogP contribution in [0.5, 0.6) is 0 Å². The summed E-state index contributed by atoms with van der Waals surface area (Å²) in [4.78, 5) is 27.3. The van der Waals surface area contributed by atoms with Gasteiger partial charge in [0.1, 0.15) is 0 Å². The van der Waals surface area contributed by atoms with Crippen molar-refractivity contribution < 1.29 is 9.59 Å². The number of likely N-dealkylation sites (tertiary alicyclic amines) is 1. The molecule has 2 amide bonds. The second kappa shape index (κ2) is 6.71. The molecule has 3 aliphatic rings. The number of benzene rings is 1. The average molecular weight is 354 g/mol. The summed E-state index contributed by atoms with van der Waals surface area (Å²) in [5.41, 5.74) is 1.43. The Labute approximate surface area is 146 Å². The monoisotopic (exact) mass is 353 g/mol. The summed E-state index contributed by atoms with van der Waals surface area (Å²) in [7, 11) is 0. The highest BCUT2D eigenvalue weighted by atomic mass is 35.5. The summed E-state index contributed by atoms with van der Waals surface area (Å²) in [6.07, 6.45) is 3.42. The number of carbonyl (C=O) groups is 2. The highest BCUT2D eigenvalue weighted by Gasteiger charge is 2.31. The van der Waals surface area contributed by atoms with E-state index in [0.29, 0.717) is 23.4 Å². The quantitative estimate of drug-likeness (QED) is 0.812. The van der Waals surface area contributed by atoms with Crippen molar-refractivity contribution in [1.29, 1.82) is 0 Å². The first-order chi connectivity index (χ1) is 10.7. The van der Waals surface area contributed by atoms with Gasteiger partial charge in [0.15, 0.2) is 0 Å². The molecule has 3 aliphatic heterocycles. The molecule has 4 rings (SSSR count). The largest absolute Gasteiger partial charge is 0.337 e. The van der Waals surface area contributed by atoms with Crippen molar-refractivity contribution in [3.05, 3.63) is 23.8 Å². The third-order valence-corrected chi connectivity index (χ3v) is 5.74. The van der Waals surface area contributed by atoms with Crippen LogP contribution in [0, 0.1) is 0 Å². The predicted molar refractivity (Wildman–Crippen MR) is 93.5 cm³/mol. The molecule has 2 saturated heterocycles. The first-order valence-electron chi connectivity index (χ1n) is 7.81. The Hall–Kier alpha value is -1.24. The van der Waals surface area contributed by atoms with E-state index in [1.54, 1.807) is 0 Å². The van der Waals surface area contributed by atoms with Crippen molar-refractivity contribution in [1.82, 2.24) is 10.2 Å². The summed E-state index contributed by atoms with van der Waals surface area (Å²) >= 11 is 1.52. The molecule has 1 aromatic rings. The summed E-state index contributed by atoms with van der Waals surface area (Å²) in [5, 5.41) is 6.45. The lowest BCUT2D eigenvalue weighted by Crippen LogP contribution is -2.39. The van der Waals surface area contributed by atoms with E-state index in [-0.39, 0.29) is 24.2 Å². The molecule has 5 nitrogen and oxygen atoms in total. The smallest absolute Gasteiger partial charge is 0.253 e. The molecule has 0 aromatic heterocycles. The number of thioether (sulfide) groups is 1. The summed E-state index contributed by atoms with van der Waals surface area (Å²) in [6.45, 7) is 1.60. The molecular weight excluding hydrogens is 334 g/mol. The highest BCUT2D eigenvalue weighted by Crippen LogP contribution is 2.32. The number of amides is 2. The van der Waals surface area contributed by atoms with E-state index in [0.717, 1.165) is 36.5 Å². The molecule has 7 heteroatoms. The second-order valence-electron chi connectivity index (χ2n) is 6.23. The van der Waals surface area contributed by atoms with E-state index in [1.807, 2.05) is 23.1 Å². The Morgan fingerprint density at radius 3 is 2.91 bits per heavy atom. The Kier molecular flexibility index (Phi) is 4.85. The molecule has 0 radical (unpaired) electrons. The molecule has 2 bridgehead atoms. The van der Waals surface area contributed by atoms with Gasteiger partial charge < -0.3 is 15.5 Å². The lowest BCUT2D eigenvalue weighted by atomic mass is 10.1. The number of hydrogen-bond donors (Lipinski definition) is 2. The van der Waals surface area contributed by atoms with Crippen molar-refractivity contribution in [3.63, 3.8) is 0 Å². The van der Waals surface area contributed by atoms with Crippen LogP contribution in [0.15, 0.2) is 23.1 Å². The van der Waals surface area contributed by atoms with Crippen molar-refractivity contribution in [2.45, 2.75) is 36.2 Å². The summed E-state index contributed by atoms with van der Waals surface area (Å²) < 4.78 is 0. The average Bonchev–Trinajstić information content (AvgIpc) is 2.85. The molecule has 3 heterocycles. The van der Waals surface area contributed by atoms with Gasteiger partial charge >= 0.3 is 0 Å². The number of hydrogen-bond acceptors (Lipinski definition) is 4. The first kappa shape index (κ1) is 16.6. The van der Waals surface area contributed by atoms with Gasteiger partial charge in [0, 0.05) is 35.6 Å². The van der Waals surface area contributed by atoms with Gasteiger partial charge in [0.25, 0.3) is 5.91 Å². The molecular formula is C16H20ClN3O2S. The minimum Gasteiger partial charge on any atom is -0.337 e. The third-order valence-electron chi connectivity index (χ3n) is 4.67. The lowest BCUT2D eigenvalue weighted by molar-refractivity contribution is -0.113. The lowest BCUT2D eigenvalue weighted by Gasteiger charge is -2.25. The van der Waals surface area contributed by atoms with Crippen molar-refractivity contribution in [3.8, 4) is 0 Å². The summed E-state index contributed by atoms with van der Waals surface area (Å²) in [6, 6.07) is 6.64. The van der Waals surface area contributed by atoms with Crippen LogP contribution in [0.3, 0.4) is 0 Å². The van der Waals surface area contributed by atoms with Crippen LogP contribution in [0.2, 0.25) is 0 Å². The standard InChI is InChI=1S/C16H19N3O2S.ClH/c20-15-9-22-14-4-1-10(7-13(14)18-15)16(21)19-6-5-11-2-3-12(8-19)17-11;/h1,4,7,11-12,17H,2-3,5-6,8-9H2,(H,18,20);1H. The molecule has 2 fully saturated rings. The van der Waals surface area contributed by atoms with Gasteiger partial charge in [-0.3, -0.25) is 9.59 Å². The summed E-state index contributed by atoms with van der Waals surface area (Å²) in [5.74, 6) is 0.515. The van der Waals surface area contributed by atoms with Crippen LogP contribution in [0.25, 0.3) is 0 Å². The van der Waals surface area contributed by atoms with Gasteiger partial charge in [-0.15, -0.1) is 24.2 Å². The highest BCUT2D eigenvalue weighted by molar-refractivity contribution is 8.00. The molecule has 124 valence electrons. The maximum Gasteiger partial charge on any atom is 0.253 e. The van der Waals surface area contributed by atoms with E-state index in [2.05, 4.69) is 10.6 Å². The van der Waals surface area contributed by atoms with E-state index in [9.17, 15) is 9.59 Å². The fourth-order valence-electron chi connectivity index (χ4n) is 3.53. The number of fused-ring (bicyclic) bond motifs is 3. The first-order valence-corrected chi connectivity index (χ1v) is 8.79. The van der Waals surface area contributed by atoms with Crippen LogP contribution in [-0.4, -0.2) is 47.6 Å². The zero-order valence-electron chi connectivity index (χ0n) is 12.7. The number of anilines is 1. The topological polar surface area (TPSA) is 61.4 Å². The van der Waals surface area contributed by atoms with Crippen LogP contribution < -0.4 is 10.6 Å². The Balaban J connectivity index is 0.00000156. The van der Waals surface area contributed by atoms with Gasteiger partial charge in [0.05, 0.1) is 11.4 Å². The van der Waals surface area contributed by atoms with Crippen LogP contribution in [-0.2, 0) is 4.79 Å². The fourth-order valence-corrected chi connectivity index (χ4v) is 4.31. The predicted octanol–water partition coefficient (Wildman–Crippen LogP) is 2.12. The zero-order chi connectivity index (χ0) is 15.1. The van der Waals surface area contributed by atoms with Gasteiger partial charge in [0.2, 0.25) is 5.91 Å². The van der Waals surface area contributed by atoms with E-state index in [4.69, 9.17) is 0 Å². The normalized spacial score (nSPS) is 25.9. The van der Waals surface area contributed by atoms with Crippen molar-refractivity contribution >= 4 is 41.7 Å². The number of nitrogens with zero attached hydrogens (tertiary/aromatic N) is 1. The Bertz CT molecular complexity index is 640. The SMILES string of the molecule is Cl.O=C1CSc2ccc(C(=O)N3CCC4CCC(C3)N4)cc2N1. The van der Waals surface area contributed by atoms with Gasteiger partial charge in [-0.05, 0) is 37.5 Å². The third kappa shape index (κ3) is 3.34. The van der Waals surface area contributed by atoms with Crippen LogP contribution >= 0.6 is 24.2 Å². The minimum absolute atomic E-state index is 0. The van der Waals surface area contributed by atoms with Gasteiger partial charge in [-0.2, -0.15) is 0 Å². The Morgan fingerprint density at radius 1 is 1.22 bits per heavy atom. The van der Waals surface area contributed by atoms with Crippen molar-refractivity contribution in [2.75, 3.05) is 24.2 Å². The van der Waals surface area contributed by atoms with Gasteiger partial charge in [-0.25, -0.2) is 0 Å². The van der Waals surface area contributed by atoms with Crippen LogP contribution in [0.4, 0.5) is 5.69 Å². The minimum atomic E-state index is -0.00150. The molecule has 2 unspecified atom stereocenters. The molecule has 0 saturated carbocycles. The number of rotatable bonds is 1. The molecule has 2 atom stereocenters. The number of carbonyl (C=O) groups excluding carboxylic acids is 2. The molecule has 23 heavy (non-hydrogen) atoms. The van der Waals surface area contributed by atoms with E-state index >= 15 is 0 Å². The van der Waals surface area contributed by atoms with Crippen molar-refractivity contribution in [2.24, 2.45) is 0 Å². The van der Waals surface area contributed by atoms with E-state index in [1.165, 1.54) is 18.2 Å². The molecule has 2 N–H and O–H groups in total. The van der Waals surface area contributed by atoms with Gasteiger partial charge in [-0.1, -0.05) is 0 Å².